The van der Waals surface area contributed by atoms with E-state index >= 15 is 4.39 Å². The second-order valence-corrected chi connectivity index (χ2v) is 11.9. The van der Waals surface area contributed by atoms with Crippen LogP contribution in [0.5, 0.6) is 5.88 Å². The number of carbonyl (C=O) groups excluding carboxylic acids is 1. The third-order valence-electron chi connectivity index (χ3n) is 8.76. The molecule has 2 aromatic rings. The molecular weight excluding hydrogens is 612 g/mol. The van der Waals surface area contributed by atoms with E-state index in [0.29, 0.717) is 30.5 Å². The van der Waals surface area contributed by atoms with Gasteiger partial charge in [-0.15, -0.1) is 4.91 Å². The molecule has 0 bridgehead atoms. The first-order valence-corrected chi connectivity index (χ1v) is 14.8. The minimum atomic E-state index is -1.34. The number of ether oxygens (including phenoxy) is 1. The summed E-state index contributed by atoms with van der Waals surface area (Å²) in [4.78, 5) is 41.4. The number of nitrogens with one attached hydrogen (secondary N) is 2. The molecule has 1 saturated carbocycles. The van der Waals surface area contributed by atoms with E-state index in [9.17, 15) is 29.1 Å². The fraction of sp³-hybridized carbons (Fsp3) is 0.414. The summed E-state index contributed by atoms with van der Waals surface area (Å²) in [6.07, 6.45) is 4.25. The number of carbonyl (C=O) groups is 2. The summed E-state index contributed by atoms with van der Waals surface area (Å²) in [7, 11) is 1.43. The van der Waals surface area contributed by atoms with Crippen LogP contribution >= 0.6 is 12.2 Å². The summed E-state index contributed by atoms with van der Waals surface area (Å²) in [5.74, 6) is -4.14. The first kappa shape index (κ1) is 30.5. The van der Waals surface area contributed by atoms with Crippen LogP contribution in [0.1, 0.15) is 19.8 Å². The van der Waals surface area contributed by atoms with Gasteiger partial charge in [0.1, 0.15) is 40.4 Å². The number of nitrogens with zero attached hydrogens (tertiary/aromatic N) is 5. The zero-order valence-corrected chi connectivity index (χ0v) is 25.2. The van der Waals surface area contributed by atoms with Crippen LogP contribution in [-0.4, -0.2) is 91.2 Å². The quantitative estimate of drug-likeness (QED) is 0.145. The zero-order valence-electron chi connectivity index (χ0n) is 24.4. The van der Waals surface area contributed by atoms with Crippen molar-refractivity contribution in [2.45, 2.75) is 44.6 Å². The Bertz CT molecular complexity index is 1700. The van der Waals surface area contributed by atoms with Gasteiger partial charge in [-0.05, 0) is 56.3 Å². The number of fused-ring (bicyclic) bond motifs is 2. The molecular formula is C29H31F2N7O6S. The van der Waals surface area contributed by atoms with Crippen molar-refractivity contribution in [2.24, 2.45) is 11.1 Å². The number of hydrogen-bond donors (Lipinski definition) is 4. The van der Waals surface area contributed by atoms with Crippen LogP contribution in [0.3, 0.4) is 0 Å². The number of hydrogen-bond acceptors (Lipinski definition) is 10. The highest BCUT2D eigenvalue weighted by atomic mass is 32.1. The number of aliphatic carboxylic acids is 1. The van der Waals surface area contributed by atoms with E-state index in [2.05, 4.69) is 20.9 Å². The minimum Gasteiger partial charge on any atom is -0.497 e. The average Bonchev–Trinajstić information content (AvgIpc) is 3.82. The molecule has 13 nitrogen and oxygen atoms in total. The number of aromatic nitrogens is 1. The SMILES string of the molecule is COC1=C(N2CCN(Cn3c(O)c(NNC(=S)N=O)c4cc(F)ccc43)C(C)C2)C(F)=CC2C(=O)C(C(=O)O)=CN(C3CC3)C12. The van der Waals surface area contributed by atoms with Gasteiger partial charge in [0, 0.05) is 48.5 Å². The topological polar surface area (TPSA) is 152 Å². The van der Waals surface area contributed by atoms with Crippen LogP contribution < -0.4 is 10.9 Å². The fourth-order valence-electron chi connectivity index (χ4n) is 6.46. The van der Waals surface area contributed by atoms with Crippen molar-refractivity contribution in [3.05, 3.63) is 64.1 Å². The Balaban J connectivity index is 1.26. The number of ketones is 1. The molecule has 1 aromatic carbocycles. The lowest BCUT2D eigenvalue weighted by molar-refractivity contribution is -0.136. The van der Waals surface area contributed by atoms with Crippen LogP contribution in [0.25, 0.3) is 10.9 Å². The second-order valence-electron chi connectivity index (χ2n) is 11.5. The number of rotatable bonds is 8. The van der Waals surface area contributed by atoms with Crippen LogP contribution in [0.2, 0.25) is 0 Å². The summed E-state index contributed by atoms with van der Waals surface area (Å²) in [6, 6.07) is 3.25. The van der Waals surface area contributed by atoms with E-state index in [4.69, 9.17) is 17.0 Å². The van der Waals surface area contributed by atoms with E-state index in [1.807, 2.05) is 16.7 Å². The number of aromatic hydroxyl groups is 1. The lowest BCUT2D eigenvalue weighted by atomic mass is 9.81. The molecule has 238 valence electrons. The van der Waals surface area contributed by atoms with Crippen LogP contribution in [-0.2, 0) is 21.0 Å². The third kappa shape index (κ3) is 5.37. The van der Waals surface area contributed by atoms with E-state index < -0.39 is 40.5 Å². The summed E-state index contributed by atoms with van der Waals surface area (Å²) in [6.45, 7) is 3.34. The molecule has 1 saturated heterocycles. The van der Waals surface area contributed by atoms with Crippen molar-refractivity contribution in [2.75, 3.05) is 32.2 Å². The van der Waals surface area contributed by atoms with E-state index in [1.54, 1.807) is 4.57 Å². The molecule has 2 fully saturated rings. The van der Waals surface area contributed by atoms with Crippen LogP contribution in [0.4, 0.5) is 14.5 Å². The number of allylic oxidation sites excluding steroid dienone is 1. The Morgan fingerprint density at radius 1 is 1.24 bits per heavy atom. The molecule has 4 N–H and O–H groups in total. The predicted molar refractivity (Wildman–Crippen MR) is 163 cm³/mol. The highest BCUT2D eigenvalue weighted by Crippen LogP contribution is 2.44. The highest BCUT2D eigenvalue weighted by molar-refractivity contribution is 7.80. The van der Waals surface area contributed by atoms with Gasteiger partial charge < -0.3 is 24.7 Å². The number of thiocarbonyl (C=S) groups is 1. The number of Topliss-reactive ketones (excluding diaryl/α,β-unsaturated/α-hetero) is 1. The first-order chi connectivity index (χ1) is 21.5. The van der Waals surface area contributed by atoms with Crippen molar-refractivity contribution >= 4 is 45.7 Å². The predicted octanol–water partition coefficient (Wildman–Crippen LogP) is 3.14. The van der Waals surface area contributed by atoms with E-state index in [-0.39, 0.29) is 47.3 Å². The van der Waals surface area contributed by atoms with Gasteiger partial charge in [0.2, 0.25) is 5.88 Å². The molecule has 2 aliphatic carbocycles. The maximum absolute atomic E-state index is 15.9. The number of hydrazine groups is 1. The van der Waals surface area contributed by atoms with Crippen molar-refractivity contribution in [3.63, 3.8) is 0 Å². The van der Waals surface area contributed by atoms with Gasteiger partial charge in [0.25, 0.3) is 5.11 Å². The normalized spacial score (nSPS) is 23.8. The number of halogens is 2. The first-order valence-electron chi connectivity index (χ1n) is 14.4. The number of benzene rings is 1. The largest absolute Gasteiger partial charge is 0.497 e. The standard InChI is InChI=1S/C29H31F2N7O6S/c1-14-11-35(24-20(31)10-18-23(26(24)44-2)37(16-4-5-16)12-19(25(18)39)28(41)42)7-8-36(14)13-38-21-6-3-15(30)9-17(21)22(27(38)40)32-33-29(45)34-43/h3,6,9-10,12,14,16,18,23,32,40H,4-5,7-8,11,13H2,1-2H3,(H,33,45)(H,41,42). The number of carboxylic acid groups (broad SMARTS) is 1. The number of carboxylic acids is 1. The van der Waals surface area contributed by atoms with Gasteiger partial charge in [0.15, 0.2) is 5.78 Å². The molecule has 0 amide bonds. The van der Waals surface area contributed by atoms with Crippen LogP contribution in [0, 0.1) is 16.6 Å². The van der Waals surface area contributed by atoms with E-state index in [0.717, 1.165) is 12.8 Å². The van der Waals surface area contributed by atoms with Crippen molar-refractivity contribution in [1.29, 1.82) is 0 Å². The second kappa shape index (κ2) is 11.7. The smallest absolute Gasteiger partial charge is 0.340 e. The molecule has 3 heterocycles. The number of piperazine rings is 1. The average molecular weight is 644 g/mol. The molecule has 6 rings (SSSR count). The monoisotopic (exact) mass is 643 g/mol. The van der Waals surface area contributed by atoms with Gasteiger partial charge in [-0.3, -0.25) is 25.1 Å². The summed E-state index contributed by atoms with van der Waals surface area (Å²) in [5, 5.41) is 23.3. The lowest BCUT2D eigenvalue weighted by Crippen LogP contribution is -2.54. The number of methoxy groups -OCH3 is 1. The Morgan fingerprint density at radius 3 is 2.64 bits per heavy atom. The Labute approximate surface area is 261 Å². The van der Waals surface area contributed by atoms with Crippen molar-refractivity contribution in [3.8, 4) is 5.88 Å². The van der Waals surface area contributed by atoms with Gasteiger partial charge in [-0.25, -0.2) is 13.6 Å². The van der Waals surface area contributed by atoms with Crippen molar-refractivity contribution in [1.82, 2.24) is 24.7 Å². The molecule has 3 unspecified atom stereocenters. The summed E-state index contributed by atoms with van der Waals surface area (Å²) < 4.78 is 37.4. The molecule has 0 spiro atoms. The van der Waals surface area contributed by atoms with Gasteiger partial charge in [-0.1, -0.05) is 0 Å². The summed E-state index contributed by atoms with van der Waals surface area (Å²) >= 11 is 4.75. The Kier molecular flexibility index (Phi) is 7.95. The Morgan fingerprint density at radius 2 is 2.00 bits per heavy atom. The zero-order chi connectivity index (χ0) is 32.2. The van der Waals surface area contributed by atoms with Crippen LogP contribution in [0.15, 0.2) is 58.5 Å². The van der Waals surface area contributed by atoms with Gasteiger partial charge in [0.05, 0.1) is 25.2 Å². The summed E-state index contributed by atoms with van der Waals surface area (Å²) in [5.41, 5.74) is 5.54. The van der Waals surface area contributed by atoms with Crippen molar-refractivity contribution < 1.29 is 33.3 Å². The third-order valence-corrected chi connectivity index (χ3v) is 8.94. The molecule has 45 heavy (non-hydrogen) atoms. The number of nitroso groups, excluding NO2 is 1. The molecule has 2 aliphatic heterocycles. The Hall–Kier alpha value is -4.57. The fourth-order valence-corrected chi connectivity index (χ4v) is 6.51. The molecule has 1 aromatic heterocycles. The van der Waals surface area contributed by atoms with Gasteiger partial charge in [-0.2, -0.15) is 0 Å². The maximum atomic E-state index is 15.9. The molecule has 4 aliphatic rings. The minimum absolute atomic E-state index is 0.0362. The molecule has 16 heteroatoms. The highest BCUT2D eigenvalue weighted by Gasteiger charge is 2.50. The molecule has 3 atom stereocenters. The maximum Gasteiger partial charge on any atom is 0.340 e. The van der Waals surface area contributed by atoms with Gasteiger partial charge >= 0.3 is 5.97 Å². The lowest BCUT2D eigenvalue weighted by Gasteiger charge is -2.46. The molecule has 0 radical (unpaired) electrons. The number of anilines is 1. The van der Waals surface area contributed by atoms with E-state index in [1.165, 1.54) is 37.6 Å².